The molecule has 0 saturated heterocycles. The van der Waals surface area contributed by atoms with E-state index in [1.165, 1.54) is 20.3 Å². The number of imide groups is 1. The summed E-state index contributed by atoms with van der Waals surface area (Å²) in [5, 5.41) is 10.4. The number of anilines is 1. The van der Waals surface area contributed by atoms with Gasteiger partial charge in [0.2, 0.25) is 0 Å². The maximum atomic E-state index is 13.1. The Labute approximate surface area is 169 Å². The average Bonchev–Trinajstić information content (AvgIpc) is 2.94. The first kappa shape index (κ1) is 20.3. The lowest BCUT2D eigenvalue weighted by Crippen LogP contribution is -2.31. The number of methoxy groups -OCH3 is 2. The Morgan fingerprint density at radius 1 is 0.931 bits per heavy atom. The number of carbonyl (C=O) groups excluding carboxylic acids is 2. The lowest BCUT2D eigenvalue weighted by Gasteiger charge is -2.18. The quantitative estimate of drug-likeness (QED) is 0.719. The second-order valence-electron chi connectivity index (χ2n) is 6.94. The zero-order chi connectivity index (χ0) is 21.1. The molecule has 2 aromatic carbocycles. The molecule has 29 heavy (non-hydrogen) atoms. The van der Waals surface area contributed by atoms with E-state index in [0.717, 1.165) is 4.90 Å². The van der Waals surface area contributed by atoms with E-state index in [1.807, 2.05) is 13.8 Å². The Balaban J connectivity index is 1.94. The summed E-state index contributed by atoms with van der Waals surface area (Å²) >= 11 is 0. The van der Waals surface area contributed by atoms with Gasteiger partial charge in [-0.3, -0.25) is 9.59 Å². The van der Waals surface area contributed by atoms with Crippen LogP contribution < -0.4 is 19.1 Å². The van der Waals surface area contributed by atoms with Gasteiger partial charge in [-0.15, -0.1) is 0 Å². The first-order valence-corrected chi connectivity index (χ1v) is 9.14. The van der Waals surface area contributed by atoms with Crippen molar-refractivity contribution in [2.75, 3.05) is 25.7 Å². The van der Waals surface area contributed by atoms with Gasteiger partial charge in [-0.25, -0.2) is 4.90 Å². The number of aliphatic hydroxyl groups is 1. The molecule has 0 saturated carbocycles. The Morgan fingerprint density at radius 3 is 2.17 bits per heavy atom. The van der Waals surface area contributed by atoms with Crippen molar-refractivity contribution in [3.05, 3.63) is 53.8 Å². The molecule has 1 N–H and O–H groups in total. The van der Waals surface area contributed by atoms with E-state index in [-0.39, 0.29) is 11.3 Å². The molecule has 1 heterocycles. The summed E-state index contributed by atoms with van der Waals surface area (Å²) in [5.74, 6) is -0.310. The third-order valence-electron chi connectivity index (χ3n) is 4.41. The summed E-state index contributed by atoms with van der Waals surface area (Å²) in [7, 11) is 2.91. The molecule has 0 atom stereocenters. The third kappa shape index (κ3) is 3.89. The summed E-state index contributed by atoms with van der Waals surface area (Å²) in [6.45, 7) is 4.65. The van der Waals surface area contributed by atoms with Gasteiger partial charge >= 0.3 is 5.91 Å². The van der Waals surface area contributed by atoms with Gasteiger partial charge in [-0.05, 0) is 35.7 Å². The van der Waals surface area contributed by atoms with Crippen LogP contribution in [0.1, 0.15) is 19.4 Å². The second kappa shape index (κ2) is 8.26. The van der Waals surface area contributed by atoms with E-state index in [0.29, 0.717) is 35.3 Å². The van der Waals surface area contributed by atoms with Crippen molar-refractivity contribution >= 4 is 23.1 Å². The van der Waals surface area contributed by atoms with Gasteiger partial charge < -0.3 is 19.3 Å². The Morgan fingerprint density at radius 2 is 1.59 bits per heavy atom. The number of ether oxygens (including phenoxy) is 3. The van der Waals surface area contributed by atoms with Crippen LogP contribution in [0, 0.1) is 5.92 Å². The summed E-state index contributed by atoms with van der Waals surface area (Å²) in [6.07, 6.45) is 0. The molecule has 0 aliphatic carbocycles. The van der Waals surface area contributed by atoms with Gasteiger partial charge in [-0.2, -0.15) is 0 Å². The average molecular weight is 397 g/mol. The molecule has 3 rings (SSSR count). The topological polar surface area (TPSA) is 85.3 Å². The van der Waals surface area contributed by atoms with Crippen LogP contribution in [0.15, 0.2) is 48.2 Å². The number of benzene rings is 2. The Kier molecular flexibility index (Phi) is 5.77. The monoisotopic (exact) mass is 397 g/mol. The van der Waals surface area contributed by atoms with Gasteiger partial charge in [0.05, 0.1) is 32.1 Å². The number of nitrogens with zero attached hydrogens (tertiary/aromatic N) is 1. The van der Waals surface area contributed by atoms with Crippen molar-refractivity contribution in [1.29, 1.82) is 0 Å². The molecule has 0 fully saturated rings. The minimum absolute atomic E-state index is 0.0738. The molecule has 7 heteroatoms. The van der Waals surface area contributed by atoms with Crippen molar-refractivity contribution in [2.24, 2.45) is 5.92 Å². The Hall–Kier alpha value is -3.48. The van der Waals surface area contributed by atoms with Gasteiger partial charge in [0.15, 0.2) is 5.76 Å². The lowest BCUT2D eigenvalue weighted by atomic mass is 10.1. The molecular weight excluding hydrogens is 374 g/mol. The zero-order valence-electron chi connectivity index (χ0n) is 16.8. The summed E-state index contributed by atoms with van der Waals surface area (Å²) in [4.78, 5) is 26.6. The molecule has 0 radical (unpaired) electrons. The molecule has 2 amide bonds. The highest BCUT2D eigenvalue weighted by molar-refractivity contribution is 6.45. The van der Waals surface area contributed by atoms with Gasteiger partial charge in [0.1, 0.15) is 17.2 Å². The predicted molar refractivity (Wildman–Crippen MR) is 108 cm³/mol. The van der Waals surface area contributed by atoms with E-state index in [9.17, 15) is 14.7 Å². The second-order valence-corrected chi connectivity index (χ2v) is 6.94. The van der Waals surface area contributed by atoms with E-state index in [1.54, 1.807) is 36.4 Å². The van der Waals surface area contributed by atoms with Crippen LogP contribution in [0.2, 0.25) is 0 Å². The molecule has 0 unspecified atom stereocenters. The number of aliphatic hydroxyl groups excluding tert-OH is 1. The first-order chi connectivity index (χ1) is 13.9. The van der Waals surface area contributed by atoms with Crippen LogP contribution in [-0.2, 0) is 9.59 Å². The summed E-state index contributed by atoms with van der Waals surface area (Å²) < 4.78 is 16.1. The van der Waals surface area contributed by atoms with Crippen molar-refractivity contribution in [3.63, 3.8) is 0 Å². The number of rotatable bonds is 7. The van der Waals surface area contributed by atoms with Crippen molar-refractivity contribution in [3.8, 4) is 17.2 Å². The van der Waals surface area contributed by atoms with E-state index >= 15 is 0 Å². The van der Waals surface area contributed by atoms with Gasteiger partial charge in [-0.1, -0.05) is 26.0 Å². The van der Waals surface area contributed by atoms with Crippen molar-refractivity contribution < 1.29 is 28.9 Å². The highest BCUT2D eigenvalue weighted by Crippen LogP contribution is 2.38. The fourth-order valence-corrected chi connectivity index (χ4v) is 2.95. The molecule has 2 aromatic rings. The van der Waals surface area contributed by atoms with Crippen LogP contribution in [0.3, 0.4) is 0 Å². The molecule has 0 aromatic heterocycles. The number of amides is 2. The zero-order valence-corrected chi connectivity index (χ0v) is 16.8. The standard InChI is InChI=1S/C22H23NO6/c1-13(2)12-29-15-7-5-14(6-8-15)19-20(24)22(26)23(21(19)25)17-11-16(27-3)9-10-18(17)28-4/h5-11,13,24H,12H2,1-4H3. The number of hydrogen-bond donors (Lipinski definition) is 1. The van der Waals surface area contributed by atoms with Crippen LogP contribution in [0.5, 0.6) is 17.2 Å². The van der Waals surface area contributed by atoms with Crippen molar-refractivity contribution in [2.45, 2.75) is 13.8 Å². The van der Waals surface area contributed by atoms with E-state index < -0.39 is 17.6 Å². The molecule has 0 bridgehead atoms. The highest BCUT2D eigenvalue weighted by Gasteiger charge is 2.41. The Bertz CT molecular complexity index is 962. The maximum absolute atomic E-state index is 13.1. The van der Waals surface area contributed by atoms with Gasteiger partial charge in [0, 0.05) is 6.07 Å². The minimum Gasteiger partial charge on any atom is -0.502 e. The van der Waals surface area contributed by atoms with Crippen LogP contribution in [0.25, 0.3) is 5.57 Å². The fraction of sp³-hybridized carbons (Fsp3) is 0.273. The van der Waals surface area contributed by atoms with Crippen LogP contribution in [-0.4, -0.2) is 37.7 Å². The van der Waals surface area contributed by atoms with Gasteiger partial charge in [0.25, 0.3) is 5.91 Å². The highest BCUT2D eigenvalue weighted by atomic mass is 16.5. The minimum atomic E-state index is -0.823. The molecule has 0 spiro atoms. The number of carbonyl (C=O) groups is 2. The largest absolute Gasteiger partial charge is 0.502 e. The maximum Gasteiger partial charge on any atom is 0.301 e. The molecular formula is C22H23NO6. The van der Waals surface area contributed by atoms with E-state index in [4.69, 9.17) is 14.2 Å². The molecule has 152 valence electrons. The molecule has 1 aliphatic heterocycles. The smallest absolute Gasteiger partial charge is 0.301 e. The third-order valence-corrected chi connectivity index (χ3v) is 4.41. The summed E-state index contributed by atoms with van der Waals surface area (Å²) in [5.41, 5.74) is 0.540. The predicted octanol–water partition coefficient (Wildman–Crippen LogP) is 3.58. The summed E-state index contributed by atoms with van der Waals surface area (Å²) in [6, 6.07) is 11.4. The first-order valence-electron chi connectivity index (χ1n) is 9.14. The molecule has 1 aliphatic rings. The SMILES string of the molecule is COc1ccc(OC)c(N2C(=O)C(O)=C(c3ccc(OCC(C)C)cc3)C2=O)c1. The lowest BCUT2D eigenvalue weighted by molar-refractivity contribution is -0.121. The van der Waals surface area contributed by atoms with Crippen LogP contribution >= 0.6 is 0 Å². The van der Waals surface area contributed by atoms with E-state index in [2.05, 4.69) is 0 Å². The molecule has 7 nitrogen and oxygen atoms in total. The fourth-order valence-electron chi connectivity index (χ4n) is 2.95. The van der Waals surface area contributed by atoms with Crippen LogP contribution in [0.4, 0.5) is 5.69 Å². The normalized spacial score (nSPS) is 14.0. The van der Waals surface area contributed by atoms with Crippen molar-refractivity contribution in [1.82, 2.24) is 0 Å². The number of hydrogen-bond acceptors (Lipinski definition) is 6.